The van der Waals surface area contributed by atoms with E-state index in [4.69, 9.17) is 9.47 Å². The van der Waals surface area contributed by atoms with Gasteiger partial charge in [0.15, 0.2) is 0 Å². The molecule has 0 aromatic heterocycles. The lowest BCUT2D eigenvalue weighted by Gasteiger charge is -2.22. The van der Waals surface area contributed by atoms with Gasteiger partial charge in [0.25, 0.3) is 0 Å². The second-order valence-corrected chi connectivity index (χ2v) is 8.06. The highest BCUT2D eigenvalue weighted by atomic mass is 19.1. The van der Waals surface area contributed by atoms with Gasteiger partial charge < -0.3 is 14.8 Å². The van der Waals surface area contributed by atoms with Crippen LogP contribution >= 0.6 is 0 Å². The molecular formula is C20H30FNO3. The largest absolute Gasteiger partial charge is 0.493 e. The highest BCUT2D eigenvalue weighted by Gasteiger charge is 2.32. The molecule has 1 saturated carbocycles. The predicted octanol–water partition coefficient (Wildman–Crippen LogP) is 4.78. The third-order valence-corrected chi connectivity index (χ3v) is 4.46. The van der Waals surface area contributed by atoms with Crippen LogP contribution < -0.4 is 10.1 Å². The minimum absolute atomic E-state index is 0.199. The number of hydrogen-bond acceptors (Lipinski definition) is 3. The number of benzene rings is 1. The SMILES string of the molecule is CC1CC1CC[C@@H](CNC(=O)OC(C)(C)C)COc1ccc(F)cc1. The number of ether oxygens (including phenoxy) is 2. The molecule has 0 radical (unpaired) electrons. The lowest BCUT2D eigenvalue weighted by Crippen LogP contribution is -2.36. The zero-order chi connectivity index (χ0) is 18.4. The molecule has 2 rings (SSSR count). The Kier molecular flexibility index (Phi) is 6.68. The first kappa shape index (κ1) is 19.5. The Morgan fingerprint density at radius 1 is 1.32 bits per heavy atom. The molecular weight excluding hydrogens is 321 g/mol. The molecule has 0 saturated heterocycles. The zero-order valence-corrected chi connectivity index (χ0v) is 15.7. The van der Waals surface area contributed by atoms with Gasteiger partial charge in [-0.2, -0.15) is 0 Å². The molecule has 1 amide bonds. The number of carbonyl (C=O) groups excluding carboxylic acids is 1. The normalized spacial score (nSPS) is 20.7. The average molecular weight is 351 g/mol. The maximum Gasteiger partial charge on any atom is 0.407 e. The first-order chi connectivity index (χ1) is 11.7. The maximum atomic E-state index is 13.0. The molecule has 1 aliphatic carbocycles. The molecule has 4 nitrogen and oxygen atoms in total. The summed E-state index contributed by atoms with van der Waals surface area (Å²) < 4.78 is 24.0. The summed E-state index contributed by atoms with van der Waals surface area (Å²) in [6.07, 6.45) is 3.03. The van der Waals surface area contributed by atoms with Gasteiger partial charge in [0, 0.05) is 12.5 Å². The van der Waals surface area contributed by atoms with Crippen LogP contribution in [0.5, 0.6) is 5.75 Å². The van der Waals surface area contributed by atoms with Gasteiger partial charge in [-0.3, -0.25) is 0 Å². The number of carbonyl (C=O) groups is 1. The van der Waals surface area contributed by atoms with E-state index in [0.717, 1.165) is 24.7 Å². The quantitative estimate of drug-likeness (QED) is 0.733. The van der Waals surface area contributed by atoms with E-state index < -0.39 is 11.7 Å². The number of rotatable bonds is 8. The Morgan fingerprint density at radius 3 is 2.52 bits per heavy atom. The lowest BCUT2D eigenvalue weighted by molar-refractivity contribution is 0.0512. The smallest absolute Gasteiger partial charge is 0.407 e. The van der Waals surface area contributed by atoms with Crippen molar-refractivity contribution in [1.29, 1.82) is 0 Å². The Bertz CT molecular complexity index is 553. The third kappa shape index (κ3) is 7.76. The average Bonchev–Trinajstić information content (AvgIpc) is 3.22. The molecule has 0 bridgehead atoms. The maximum absolute atomic E-state index is 13.0. The summed E-state index contributed by atoms with van der Waals surface area (Å²) in [6.45, 7) is 8.80. The van der Waals surface area contributed by atoms with Crippen molar-refractivity contribution in [2.24, 2.45) is 17.8 Å². The van der Waals surface area contributed by atoms with Gasteiger partial charge in [-0.15, -0.1) is 0 Å². The number of hydrogen-bond donors (Lipinski definition) is 1. The zero-order valence-electron chi connectivity index (χ0n) is 15.7. The van der Waals surface area contributed by atoms with E-state index in [9.17, 15) is 9.18 Å². The van der Waals surface area contributed by atoms with Crippen LogP contribution in [0.25, 0.3) is 0 Å². The van der Waals surface area contributed by atoms with Gasteiger partial charge >= 0.3 is 6.09 Å². The fraction of sp³-hybridized carbons (Fsp3) is 0.650. The van der Waals surface area contributed by atoms with Gasteiger partial charge in [0.2, 0.25) is 0 Å². The van der Waals surface area contributed by atoms with Crippen molar-refractivity contribution >= 4 is 6.09 Å². The van der Waals surface area contributed by atoms with Crippen molar-refractivity contribution in [2.75, 3.05) is 13.2 Å². The molecule has 0 aliphatic heterocycles. The van der Waals surface area contributed by atoms with E-state index in [-0.39, 0.29) is 11.7 Å². The molecule has 3 atom stereocenters. The molecule has 2 unspecified atom stereocenters. The molecule has 0 heterocycles. The van der Waals surface area contributed by atoms with E-state index in [2.05, 4.69) is 12.2 Å². The molecule has 25 heavy (non-hydrogen) atoms. The first-order valence-electron chi connectivity index (χ1n) is 9.08. The summed E-state index contributed by atoms with van der Waals surface area (Å²) >= 11 is 0. The molecule has 1 aromatic carbocycles. The minimum atomic E-state index is -0.506. The Labute approximate surface area is 150 Å². The van der Waals surface area contributed by atoms with Gasteiger partial charge in [-0.1, -0.05) is 6.92 Å². The highest BCUT2D eigenvalue weighted by Crippen LogP contribution is 2.42. The van der Waals surface area contributed by atoms with Crippen LogP contribution in [0.1, 0.15) is 47.0 Å². The predicted molar refractivity (Wildman–Crippen MR) is 96.1 cm³/mol. The summed E-state index contributed by atoms with van der Waals surface area (Å²) in [7, 11) is 0. The summed E-state index contributed by atoms with van der Waals surface area (Å²) in [5.74, 6) is 2.18. The van der Waals surface area contributed by atoms with Crippen LogP contribution in [-0.2, 0) is 4.74 Å². The fourth-order valence-corrected chi connectivity index (χ4v) is 2.78. The number of alkyl carbamates (subject to hydrolysis) is 1. The van der Waals surface area contributed by atoms with Crippen molar-refractivity contribution in [2.45, 2.75) is 52.6 Å². The van der Waals surface area contributed by atoms with Crippen molar-refractivity contribution in [3.8, 4) is 5.75 Å². The Balaban J connectivity index is 1.81. The molecule has 1 aliphatic rings. The summed E-state index contributed by atoms with van der Waals surface area (Å²) in [4.78, 5) is 11.9. The summed E-state index contributed by atoms with van der Waals surface area (Å²) in [6, 6.07) is 6.01. The first-order valence-corrected chi connectivity index (χ1v) is 9.08. The summed E-state index contributed by atoms with van der Waals surface area (Å²) in [5, 5.41) is 2.84. The number of nitrogens with one attached hydrogen (secondary N) is 1. The van der Waals surface area contributed by atoms with Gasteiger partial charge in [0.1, 0.15) is 17.2 Å². The van der Waals surface area contributed by atoms with E-state index in [1.807, 2.05) is 20.8 Å². The molecule has 1 N–H and O–H groups in total. The van der Waals surface area contributed by atoms with Gasteiger partial charge in [0.05, 0.1) is 6.61 Å². The standard InChI is InChI=1S/C20H30FNO3/c1-14-11-16(14)6-5-15(12-22-19(23)25-20(2,3)4)13-24-18-9-7-17(21)8-10-18/h7-10,14-16H,5-6,11-13H2,1-4H3,(H,22,23)/t14?,15-,16?/m0/s1. The molecule has 1 aromatic rings. The van der Waals surface area contributed by atoms with Crippen LogP contribution in [0.3, 0.4) is 0 Å². The van der Waals surface area contributed by atoms with E-state index in [1.54, 1.807) is 12.1 Å². The Hall–Kier alpha value is -1.78. The van der Waals surface area contributed by atoms with E-state index >= 15 is 0 Å². The van der Waals surface area contributed by atoms with Crippen molar-refractivity contribution in [1.82, 2.24) is 5.32 Å². The van der Waals surface area contributed by atoms with Gasteiger partial charge in [-0.05, 0) is 76.1 Å². The third-order valence-electron chi connectivity index (χ3n) is 4.46. The van der Waals surface area contributed by atoms with Crippen LogP contribution in [0.4, 0.5) is 9.18 Å². The van der Waals surface area contributed by atoms with E-state index in [1.165, 1.54) is 18.6 Å². The number of halogens is 1. The molecule has 1 fully saturated rings. The molecule has 5 heteroatoms. The van der Waals surface area contributed by atoms with Crippen LogP contribution in [0.2, 0.25) is 0 Å². The molecule has 0 spiro atoms. The van der Waals surface area contributed by atoms with Crippen LogP contribution in [0.15, 0.2) is 24.3 Å². The number of amides is 1. The summed E-state index contributed by atoms with van der Waals surface area (Å²) in [5.41, 5.74) is -0.506. The second-order valence-electron chi connectivity index (χ2n) is 8.06. The Morgan fingerprint density at radius 2 is 1.96 bits per heavy atom. The van der Waals surface area contributed by atoms with Crippen molar-refractivity contribution in [3.63, 3.8) is 0 Å². The monoisotopic (exact) mass is 351 g/mol. The van der Waals surface area contributed by atoms with Crippen molar-refractivity contribution < 1.29 is 18.7 Å². The fourth-order valence-electron chi connectivity index (χ4n) is 2.78. The molecule has 140 valence electrons. The van der Waals surface area contributed by atoms with Crippen molar-refractivity contribution in [3.05, 3.63) is 30.1 Å². The van der Waals surface area contributed by atoms with E-state index in [0.29, 0.717) is 18.9 Å². The second kappa shape index (κ2) is 8.54. The van der Waals surface area contributed by atoms with Crippen LogP contribution in [0, 0.1) is 23.6 Å². The highest BCUT2D eigenvalue weighted by molar-refractivity contribution is 5.67. The lowest BCUT2D eigenvalue weighted by atomic mass is 10.0. The van der Waals surface area contributed by atoms with Gasteiger partial charge in [-0.25, -0.2) is 9.18 Å². The van der Waals surface area contributed by atoms with Crippen LogP contribution in [-0.4, -0.2) is 24.8 Å². The topological polar surface area (TPSA) is 47.6 Å². The minimum Gasteiger partial charge on any atom is -0.493 e.